The molecule has 0 saturated carbocycles. The smallest absolute Gasteiger partial charge is 0.328 e. The summed E-state index contributed by atoms with van der Waals surface area (Å²) in [6.45, 7) is 0. The maximum atomic E-state index is 13.5. The number of carbonyl (C=O) groups excluding carboxylic acids is 1. The van der Waals surface area contributed by atoms with Gasteiger partial charge < -0.3 is 9.67 Å². The van der Waals surface area contributed by atoms with Crippen LogP contribution in [0, 0.1) is 5.82 Å². The van der Waals surface area contributed by atoms with E-state index in [2.05, 4.69) is 0 Å². The number of hydrogen-bond acceptors (Lipinski definition) is 2. The molecular weight excluding hydrogens is 285 g/mol. The number of benzene rings is 1. The van der Waals surface area contributed by atoms with Gasteiger partial charge in [-0.1, -0.05) is 12.1 Å². The van der Waals surface area contributed by atoms with E-state index in [1.807, 2.05) is 0 Å². The first kappa shape index (κ1) is 15.4. The number of halogens is 1. The molecule has 2 aromatic rings. The summed E-state index contributed by atoms with van der Waals surface area (Å²) < 4.78 is 15.2. The fourth-order valence-corrected chi connectivity index (χ4v) is 1.94. The molecule has 0 aliphatic rings. The summed E-state index contributed by atoms with van der Waals surface area (Å²) in [6, 6.07) is 7.51. The number of rotatable bonds is 5. The normalized spacial score (nSPS) is 11.4. The third-order valence-electron chi connectivity index (χ3n) is 3.03. The second-order valence-corrected chi connectivity index (χ2v) is 4.66. The van der Waals surface area contributed by atoms with Crippen LogP contribution in [0.2, 0.25) is 0 Å². The fourth-order valence-electron chi connectivity index (χ4n) is 1.94. The molecule has 22 heavy (non-hydrogen) atoms. The van der Waals surface area contributed by atoms with E-state index in [1.54, 1.807) is 36.0 Å². The topological polar surface area (TPSA) is 59.3 Å². The highest BCUT2D eigenvalue weighted by atomic mass is 19.1. The molecule has 0 atom stereocenters. The van der Waals surface area contributed by atoms with Crippen LogP contribution in [0.15, 0.2) is 48.7 Å². The van der Waals surface area contributed by atoms with Gasteiger partial charge in [0, 0.05) is 25.0 Å². The molecule has 1 aromatic heterocycles. The molecule has 2 rings (SSSR count). The Bertz CT molecular complexity index is 772. The van der Waals surface area contributed by atoms with E-state index in [-0.39, 0.29) is 5.56 Å². The van der Waals surface area contributed by atoms with E-state index < -0.39 is 17.6 Å². The molecule has 0 bridgehead atoms. The molecule has 1 N–H and O–H groups in total. The summed E-state index contributed by atoms with van der Waals surface area (Å²) in [7, 11) is 1.76. The van der Waals surface area contributed by atoms with Gasteiger partial charge in [0.05, 0.1) is 5.56 Å². The molecule has 0 radical (unpaired) electrons. The molecule has 5 heteroatoms. The SMILES string of the molecule is Cn1cc(/C=C/C(=O)c2ccccc2F)cc1/C=C/C(=O)O. The molecule has 4 nitrogen and oxygen atoms in total. The van der Waals surface area contributed by atoms with Gasteiger partial charge in [0.25, 0.3) is 0 Å². The number of nitrogens with zero attached hydrogens (tertiary/aromatic N) is 1. The highest BCUT2D eigenvalue weighted by molar-refractivity contribution is 6.07. The molecule has 1 heterocycles. The monoisotopic (exact) mass is 299 g/mol. The Balaban J connectivity index is 2.17. The second kappa shape index (κ2) is 6.67. The van der Waals surface area contributed by atoms with Gasteiger partial charge in [-0.3, -0.25) is 4.79 Å². The Labute approximate surface area is 126 Å². The highest BCUT2D eigenvalue weighted by Crippen LogP contribution is 2.13. The molecule has 1 aromatic carbocycles. The molecule has 0 saturated heterocycles. The van der Waals surface area contributed by atoms with Crippen molar-refractivity contribution in [2.45, 2.75) is 0 Å². The van der Waals surface area contributed by atoms with Crippen LogP contribution in [-0.2, 0) is 11.8 Å². The average Bonchev–Trinajstić information content (AvgIpc) is 2.83. The van der Waals surface area contributed by atoms with Crippen molar-refractivity contribution < 1.29 is 19.1 Å². The van der Waals surface area contributed by atoms with E-state index >= 15 is 0 Å². The summed E-state index contributed by atoms with van der Waals surface area (Å²) in [6.07, 6.45) is 7.09. The number of hydrogen-bond donors (Lipinski definition) is 1. The van der Waals surface area contributed by atoms with Gasteiger partial charge >= 0.3 is 5.97 Å². The lowest BCUT2D eigenvalue weighted by atomic mass is 10.1. The quantitative estimate of drug-likeness (QED) is 0.681. The van der Waals surface area contributed by atoms with Crippen molar-refractivity contribution in [1.29, 1.82) is 0 Å². The molecule has 0 amide bonds. The van der Waals surface area contributed by atoms with Crippen molar-refractivity contribution >= 4 is 23.9 Å². The summed E-state index contributed by atoms with van der Waals surface area (Å²) in [5.74, 6) is -2.02. The summed E-state index contributed by atoms with van der Waals surface area (Å²) >= 11 is 0. The molecule has 0 unspecified atom stereocenters. The zero-order valence-corrected chi connectivity index (χ0v) is 11.9. The van der Waals surface area contributed by atoms with Crippen molar-refractivity contribution in [1.82, 2.24) is 4.57 Å². The number of ketones is 1. The number of aliphatic carboxylic acids is 1. The minimum absolute atomic E-state index is 0.0145. The number of aryl methyl sites for hydroxylation is 1. The van der Waals surface area contributed by atoms with Crippen LogP contribution in [0.3, 0.4) is 0 Å². The zero-order chi connectivity index (χ0) is 16.1. The van der Waals surface area contributed by atoms with E-state index in [0.29, 0.717) is 5.69 Å². The summed E-state index contributed by atoms with van der Waals surface area (Å²) in [5, 5.41) is 8.61. The van der Waals surface area contributed by atoms with Gasteiger partial charge in [0.15, 0.2) is 5.78 Å². The van der Waals surface area contributed by atoms with Crippen molar-refractivity contribution in [2.24, 2.45) is 7.05 Å². The highest BCUT2D eigenvalue weighted by Gasteiger charge is 2.07. The van der Waals surface area contributed by atoms with Gasteiger partial charge in [-0.15, -0.1) is 0 Å². The Hall–Kier alpha value is -2.95. The maximum Gasteiger partial charge on any atom is 0.328 e. The lowest BCUT2D eigenvalue weighted by Gasteiger charge is -1.96. The largest absolute Gasteiger partial charge is 0.478 e. The van der Waals surface area contributed by atoms with Gasteiger partial charge in [-0.25, -0.2) is 9.18 Å². The van der Waals surface area contributed by atoms with Crippen molar-refractivity contribution in [2.75, 3.05) is 0 Å². The van der Waals surface area contributed by atoms with Gasteiger partial charge in [-0.2, -0.15) is 0 Å². The van der Waals surface area contributed by atoms with E-state index in [4.69, 9.17) is 5.11 Å². The summed E-state index contributed by atoms with van der Waals surface area (Å²) in [5.41, 5.74) is 1.42. The first-order valence-corrected chi connectivity index (χ1v) is 6.51. The van der Waals surface area contributed by atoms with Crippen molar-refractivity contribution in [3.05, 3.63) is 71.3 Å². The molecule has 112 valence electrons. The van der Waals surface area contributed by atoms with Crippen molar-refractivity contribution in [3.8, 4) is 0 Å². The summed E-state index contributed by atoms with van der Waals surface area (Å²) in [4.78, 5) is 22.4. The van der Waals surface area contributed by atoms with Crippen LogP contribution in [-0.4, -0.2) is 21.4 Å². The first-order chi connectivity index (χ1) is 10.5. The predicted molar refractivity (Wildman–Crippen MR) is 81.8 cm³/mol. The lowest BCUT2D eigenvalue weighted by Crippen LogP contribution is -1.97. The van der Waals surface area contributed by atoms with Crippen LogP contribution in [0.1, 0.15) is 21.6 Å². The predicted octanol–water partition coefficient (Wildman–Crippen LogP) is 3.16. The van der Waals surface area contributed by atoms with Crippen LogP contribution in [0.4, 0.5) is 4.39 Å². The Kier molecular flexibility index (Phi) is 4.68. The van der Waals surface area contributed by atoms with E-state index in [9.17, 15) is 14.0 Å². The van der Waals surface area contributed by atoms with E-state index in [0.717, 1.165) is 11.6 Å². The molecule has 0 fully saturated rings. The number of carboxylic acids is 1. The van der Waals surface area contributed by atoms with Gasteiger partial charge in [-0.05, 0) is 42.0 Å². The van der Waals surface area contributed by atoms with Gasteiger partial charge in [0.1, 0.15) is 5.82 Å². The average molecular weight is 299 g/mol. The number of carbonyl (C=O) groups is 2. The van der Waals surface area contributed by atoms with E-state index in [1.165, 1.54) is 30.4 Å². The molecule has 0 aliphatic heterocycles. The molecule has 0 spiro atoms. The van der Waals surface area contributed by atoms with Crippen LogP contribution >= 0.6 is 0 Å². The number of aromatic nitrogens is 1. The Morgan fingerprint density at radius 1 is 1.18 bits per heavy atom. The Morgan fingerprint density at radius 2 is 1.91 bits per heavy atom. The number of allylic oxidation sites excluding steroid dienone is 1. The molecular formula is C17H14FNO3. The van der Waals surface area contributed by atoms with Crippen LogP contribution in [0.5, 0.6) is 0 Å². The first-order valence-electron chi connectivity index (χ1n) is 6.51. The third kappa shape index (κ3) is 3.79. The van der Waals surface area contributed by atoms with Crippen molar-refractivity contribution in [3.63, 3.8) is 0 Å². The minimum atomic E-state index is -1.03. The fraction of sp³-hybridized carbons (Fsp3) is 0.0588. The second-order valence-electron chi connectivity index (χ2n) is 4.66. The minimum Gasteiger partial charge on any atom is -0.478 e. The van der Waals surface area contributed by atoms with Gasteiger partial charge in [0.2, 0.25) is 0 Å². The lowest BCUT2D eigenvalue weighted by molar-refractivity contribution is -0.131. The zero-order valence-electron chi connectivity index (χ0n) is 11.9. The number of carboxylic acid groups (broad SMARTS) is 1. The standard InChI is InChI=1S/C17H14FNO3/c1-19-11-12(10-13(19)7-9-17(21)22)6-8-16(20)14-4-2-3-5-15(14)18/h2-11H,1H3,(H,21,22)/b8-6+,9-7+. The third-order valence-corrected chi connectivity index (χ3v) is 3.03. The maximum absolute atomic E-state index is 13.5. The van der Waals surface area contributed by atoms with Crippen LogP contribution in [0.25, 0.3) is 12.2 Å². The van der Waals surface area contributed by atoms with Crippen LogP contribution < -0.4 is 0 Å². The molecule has 0 aliphatic carbocycles. The Morgan fingerprint density at radius 3 is 2.59 bits per heavy atom.